The molecule has 214 valence electrons. The van der Waals surface area contributed by atoms with Crippen LogP contribution in [-0.2, 0) is 22.7 Å². The van der Waals surface area contributed by atoms with Crippen molar-refractivity contribution in [2.24, 2.45) is 0 Å². The summed E-state index contributed by atoms with van der Waals surface area (Å²) in [6, 6.07) is 16.8. The Labute approximate surface area is 243 Å². The van der Waals surface area contributed by atoms with Crippen molar-refractivity contribution in [2.75, 3.05) is 20.3 Å². The molecule has 0 radical (unpaired) electrons. The van der Waals surface area contributed by atoms with Crippen LogP contribution in [0.1, 0.15) is 37.0 Å². The second-order valence-electron chi connectivity index (χ2n) is 9.10. The van der Waals surface area contributed by atoms with Crippen LogP contribution in [0.3, 0.4) is 0 Å². The molecule has 1 heterocycles. The van der Waals surface area contributed by atoms with Gasteiger partial charge in [-0.25, -0.2) is 4.79 Å². The molecule has 0 saturated carbocycles. The first-order chi connectivity index (χ1) is 19.8. The molecule has 9 nitrogen and oxygen atoms in total. The number of carbonyl (C=O) groups excluding carboxylic acids is 3. The maximum atomic E-state index is 13.3. The van der Waals surface area contributed by atoms with E-state index in [1.54, 1.807) is 42.5 Å². The molecule has 10 heteroatoms. The number of urea groups is 1. The highest BCUT2D eigenvalue weighted by molar-refractivity contribution is 6.31. The summed E-state index contributed by atoms with van der Waals surface area (Å²) in [5.41, 5.74) is 1.86. The minimum Gasteiger partial charge on any atom is -0.493 e. The maximum absolute atomic E-state index is 13.3. The molecule has 1 fully saturated rings. The van der Waals surface area contributed by atoms with Crippen molar-refractivity contribution >= 4 is 35.5 Å². The fraction of sp³-hybridized carbons (Fsp3) is 0.258. The van der Waals surface area contributed by atoms with E-state index in [0.29, 0.717) is 52.4 Å². The number of hydrogen-bond acceptors (Lipinski definition) is 7. The number of methoxy groups -OCH3 is 1. The lowest BCUT2D eigenvalue weighted by atomic mass is 10.1. The van der Waals surface area contributed by atoms with Gasteiger partial charge in [-0.05, 0) is 72.5 Å². The number of nitrogens with zero attached hydrogens (tertiary/aromatic N) is 1. The zero-order valence-electron chi connectivity index (χ0n) is 23.1. The normalized spacial score (nSPS) is 14.2. The van der Waals surface area contributed by atoms with Gasteiger partial charge in [-0.2, -0.15) is 0 Å². The maximum Gasteiger partial charge on any atom is 0.331 e. The predicted octanol–water partition coefficient (Wildman–Crippen LogP) is 5.78. The Bertz CT molecular complexity index is 1470. The molecule has 1 N–H and O–H groups in total. The van der Waals surface area contributed by atoms with Crippen LogP contribution in [0.5, 0.6) is 23.0 Å². The highest BCUT2D eigenvalue weighted by Gasteiger charge is 2.36. The molecule has 4 amide bonds. The molecule has 0 aliphatic carbocycles. The summed E-state index contributed by atoms with van der Waals surface area (Å²) in [5, 5.41) is 2.86. The monoisotopic (exact) mass is 578 g/mol. The molecular weight excluding hydrogens is 548 g/mol. The van der Waals surface area contributed by atoms with Gasteiger partial charge in [0, 0.05) is 5.02 Å². The molecule has 0 bridgehead atoms. The predicted molar refractivity (Wildman–Crippen MR) is 154 cm³/mol. The van der Waals surface area contributed by atoms with Crippen LogP contribution >= 0.6 is 11.6 Å². The summed E-state index contributed by atoms with van der Waals surface area (Å²) < 4.78 is 22.8. The number of carbonyl (C=O) groups is 3. The SMILES string of the molecule is CCCOc1ccc(CN2C(=O)NC(=O)/C(=C\c3ccc(OCc4cccc(Cl)c4)c(OCC)c3)C2=O)cc1OC. The number of amides is 4. The minimum absolute atomic E-state index is 0.0693. The number of barbiturate groups is 1. The van der Waals surface area contributed by atoms with E-state index in [9.17, 15) is 14.4 Å². The van der Waals surface area contributed by atoms with Gasteiger partial charge in [0.25, 0.3) is 11.8 Å². The van der Waals surface area contributed by atoms with E-state index in [0.717, 1.165) is 16.9 Å². The fourth-order valence-electron chi connectivity index (χ4n) is 4.12. The first-order valence-electron chi connectivity index (χ1n) is 13.2. The van der Waals surface area contributed by atoms with Gasteiger partial charge in [0.05, 0.1) is 26.9 Å². The van der Waals surface area contributed by atoms with E-state index in [-0.39, 0.29) is 18.7 Å². The summed E-state index contributed by atoms with van der Waals surface area (Å²) in [4.78, 5) is 39.6. The Morgan fingerprint density at radius 2 is 1.63 bits per heavy atom. The zero-order chi connectivity index (χ0) is 29.4. The van der Waals surface area contributed by atoms with E-state index in [1.165, 1.54) is 13.2 Å². The number of halogens is 1. The van der Waals surface area contributed by atoms with Crippen molar-refractivity contribution in [3.8, 4) is 23.0 Å². The topological polar surface area (TPSA) is 103 Å². The van der Waals surface area contributed by atoms with Crippen LogP contribution in [0.15, 0.2) is 66.2 Å². The van der Waals surface area contributed by atoms with Crippen LogP contribution in [-0.4, -0.2) is 43.1 Å². The Morgan fingerprint density at radius 1 is 0.854 bits per heavy atom. The Balaban J connectivity index is 1.55. The number of rotatable bonds is 12. The Hall–Kier alpha value is -4.50. The Kier molecular flexibility index (Phi) is 9.86. The van der Waals surface area contributed by atoms with Gasteiger partial charge in [0.2, 0.25) is 0 Å². The van der Waals surface area contributed by atoms with Gasteiger partial charge in [-0.1, -0.05) is 42.8 Å². The van der Waals surface area contributed by atoms with Crippen molar-refractivity contribution in [3.05, 3.63) is 87.9 Å². The van der Waals surface area contributed by atoms with E-state index >= 15 is 0 Å². The fourth-order valence-corrected chi connectivity index (χ4v) is 4.33. The van der Waals surface area contributed by atoms with Gasteiger partial charge < -0.3 is 18.9 Å². The van der Waals surface area contributed by atoms with Crippen LogP contribution in [0, 0.1) is 0 Å². The lowest BCUT2D eigenvalue weighted by Gasteiger charge is -2.26. The summed E-state index contributed by atoms with van der Waals surface area (Å²) in [5.74, 6) is 0.477. The van der Waals surface area contributed by atoms with E-state index < -0.39 is 17.8 Å². The number of benzene rings is 3. The molecule has 1 aliphatic rings. The smallest absolute Gasteiger partial charge is 0.331 e. The highest BCUT2D eigenvalue weighted by atomic mass is 35.5. The van der Waals surface area contributed by atoms with Crippen molar-refractivity contribution in [2.45, 2.75) is 33.4 Å². The zero-order valence-corrected chi connectivity index (χ0v) is 23.8. The molecule has 4 rings (SSSR count). The highest BCUT2D eigenvalue weighted by Crippen LogP contribution is 2.32. The van der Waals surface area contributed by atoms with E-state index in [1.807, 2.05) is 32.0 Å². The lowest BCUT2D eigenvalue weighted by Crippen LogP contribution is -2.53. The molecule has 0 unspecified atom stereocenters. The average Bonchev–Trinajstić information content (AvgIpc) is 2.96. The number of ether oxygens (including phenoxy) is 4. The lowest BCUT2D eigenvalue weighted by molar-refractivity contribution is -0.130. The summed E-state index contributed by atoms with van der Waals surface area (Å²) in [7, 11) is 1.51. The van der Waals surface area contributed by atoms with Gasteiger partial charge >= 0.3 is 6.03 Å². The number of imide groups is 2. The minimum atomic E-state index is -0.804. The van der Waals surface area contributed by atoms with Gasteiger partial charge in [0.15, 0.2) is 23.0 Å². The van der Waals surface area contributed by atoms with Crippen LogP contribution in [0.2, 0.25) is 5.02 Å². The largest absolute Gasteiger partial charge is 0.493 e. The summed E-state index contributed by atoms with van der Waals surface area (Å²) in [6.45, 7) is 4.94. The Morgan fingerprint density at radius 3 is 2.37 bits per heavy atom. The van der Waals surface area contributed by atoms with Crippen LogP contribution in [0.4, 0.5) is 4.79 Å². The average molecular weight is 579 g/mol. The molecule has 41 heavy (non-hydrogen) atoms. The number of hydrogen-bond donors (Lipinski definition) is 1. The molecule has 0 spiro atoms. The van der Waals surface area contributed by atoms with Gasteiger partial charge in [-0.3, -0.25) is 19.8 Å². The van der Waals surface area contributed by atoms with E-state index in [2.05, 4.69) is 5.32 Å². The quantitative estimate of drug-likeness (QED) is 0.215. The van der Waals surface area contributed by atoms with Crippen LogP contribution < -0.4 is 24.3 Å². The third-order valence-corrected chi connectivity index (χ3v) is 6.31. The van der Waals surface area contributed by atoms with Gasteiger partial charge in [0.1, 0.15) is 12.2 Å². The molecule has 1 aliphatic heterocycles. The second-order valence-corrected chi connectivity index (χ2v) is 9.54. The molecule has 3 aromatic rings. The van der Waals surface area contributed by atoms with Crippen molar-refractivity contribution < 1.29 is 33.3 Å². The van der Waals surface area contributed by atoms with Crippen molar-refractivity contribution in [1.29, 1.82) is 0 Å². The summed E-state index contributed by atoms with van der Waals surface area (Å²) in [6.07, 6.45) is 2.25. The second kappa shape index (κ2) is 13.7. The first-order valence-corrected chi connectivity index (χ1v) is 13.5. The molecule has 0 atom stereocenters. The molecular formula is C31H31ClN2O7. The molecule has 0 aromatic heterocycles. The third kappa shape index (κ3) is 7.37. The third-order valence-electron chi connectivity index (χ3n) is 6.08. The standard InChI is InChI=1S/C31H31ClN2O7/c1-4-13-40-25-12-10-21(17-27(25)38-3)18-34-30(36)24(29(35)33-31(34)37)15-20-9-11-26(28(16-20)39-5-2)41-19-22-7-6-8-23(32)14-22/h6-12,14-17H,4-5,13,18-19H2,1-3H3,(H,33,35,37)/b24-15+. The van der Waals surface area contributed by atoms with Crippen molar-refractivity contribution in [1.82, 2.24) is 10.2 Å². The molecule has 3 aromatic carbocycles. The number of nitrogens with one attached hydrogen (secondary N) is 1. The molecule has 1 saturated heterocycles. The van der Waals surface area contributed by atoms with E-state index in [4.69, 9.17) is 30.5 Å². The van der Waals surface area contributed by atoms with Gasteiger partial charge in [-0.15, -0.1) is 0 Å². The first kappa shape index (κ1) is 29.5. The van der Waals surface area contributed by atoms with Crippen LogP contribution in [0.25, 0.3) is 6.08 Å². The summed E-state index contributed by atoms with van der Waals surface area (Å²) >= 11 is 6.06. The van der Waals surface area contributed by atoms with Crippen molar-refractivity contribution in [3.63, 3.8) is 0 Å².